The number of ether oxygens (including phenoxy) is 1. The van der Waals surface area contributed by atoms with Crippen LogP contribution in [0.3, 0.4) is 0 Å². The summed E-state index contributed by atoms with van der Waals surface area (Å²) in [6.07, 6.45) is 23.6. The summed E-state index contributed by atoms with van der Waals surface area (Å²) >= 11 is 5.61. The second-order valence-corrected chi connectivity index (χ2v) is 16.4. The van der Waals surface area contributed by atoms with Crippen LogP contribution in [0.15, 0.2) is 23.3 Å². The highest BCUT2D eigenvalue weighted by Gasteiger charge is 2.85. The molecule has 5 N–H and O–H groups in total. The van der Waals surface area contributed by atoms with Crippen LogP contribution in [0, 0.1) is 29.1 Å². The summed E-state index contributed by atoms with van der Waals surface area (Å²) in [4.78, 5) is 13.2. The Kier molecular flexibility index (Phi) is 13.2. The molecule has 268 valence electrons. The molecule has 2 saturated carbocycles. The third kappa shape index (κ3) is 7.57. The minimum atomic E-state index is -1.86. The Bertz CT molecular complexity index is 1150. The minimum Gasteiger partial charge on any atom is -0.464 e. The first kappa shape index (κ1) is 38.5. The molecule has 4 rings (SSSR count). The van der Waals surface area contributed by atoms with Crippen molar-refractivity contribution in [2.45, 2.75) is 167 Å². The van der Waals surface area contributed by atoms with Crippen molar-refractivity contribution in [3.05, 3.63) is 23.3 Å². The number of carbonyl (C=O) groups excluding carboxylic acids is 1. The third-order valence-corrected chi connectivity index (χ3v) is 12.8. The second kappa shape index (κ2) is 16.1. The largest absolute Gasteiger partial charge is 0.464 e. The van der Waals surface area contributed by atoms with E-state index >= 15 is 0 Å². The number of Topliss-reactive ketones (excluding diaryl/α,β-unsaturated/α-hetero) is 1. The quantitative estimate of drug-likeness (QED) is 0.0560. The maximum absolute atomic E-state index is 13.2. The van der Waals surface area contributed by atoms with Crippen LogP contribution in [-0.4, -0.2) is 67.4 Å². The molecule has 8 atom stereocenters. The lowest BCUT2D eigenvalue weighted by molar-refractivity contribution is -0.206. The molecule has 0 saturated heterocycles. The van der Waals surface area contributed by atoms with Gasteiger partial charge in [-0.2, -0.15) is 0 Å². The van der Waals surface area contributed by atoms with E-state index < -0.39 is 57.8 Å². The zero-order valence-electron chi connectivity index (χ0n) is 30.0. The number of nitrogens with one attached hydrogen (secondary N) is 1. The lowest BCUT2D eigenvalue weighted by atomic mass is 9.59. The summed E-state index contributed by atoms with van der Waals surface area (Å²) in [5, 5.41) is 50.1. The lowest BCUT2D eigenvalue weighted by Gasteiger charge is -2.52. The molecule has 0 aliphatic heterocycles. The normalized spacial score (nSPS) is 35.3. The number of thiocarbonyl (C=S) groups is 1. The molecule has 4 aliphatic rings. The van der Waals surface area contributed by atoms with Gasteiger partial charge in [-0.25, -0.2) is 0 Å². The summed E-state index contributed by atoms with van der Waals surface area (Å²) in [5.41, 5.74) is -4.45. The van der Waals surface area contributed by atoms with Crippen molar-refractivity contribution in [1.82, 2.24) is 5.32 Å². The van der Waals surface area contributed by atoms with E-state index in [0.29, 0.717) is 17.7 Å². The molecule has 0 spiro atoms. The minimum absolute atomic E-state index is 0.0528. The summed E-state index contributed by atoms with van der Waals surface area (Å²) < 4.78 is 6.32. The number of aliphatic hydroxyl groups is 4. The third-order valence-electron chi connectivity index (χ3n) is 12.5. The molecule has 0 unspecified atom stereocenters. The highest BCUT2D eigenvalue weighted by molar-refractivity contribution is 7.80. The van der Waals surface area contributed by atoms with E-state index in [2.05, 4.69) is 12.2 Å². The van der Waals surface area contributed by atoms with E-state index in [1.54, 1.807) is 19.1 Å². The van der Waals surface area contributed by atoms with Crippen molar-refractivity contribution in [3.8, 4) is 0 Å². The number of ketones is 1. The van der Waals surface area contributed by atoms with Crippen molar-refractivity contribution >= 4 is 23.2 Å². The number of fused-ring (bicyclic) bond motifs is 5. The molecule has 8 heteroatoms. The lowest BCUT2D eigenvalue weighted by Crippen LogP contribution is -2.66. The topological polar surface area (TPSA) is 119 Å². The Morgan fingerprint density at radius 1 is 0.894 bits per heavy atom. The van der Waals surface area contributed by atoms with E-state index in [4.69, 9.17) is 17.0 Å². The smallest absolute Gasteiger partial charge is 0.257 e. The first-order valence-corrected chi connectivity index (χ1v) is 19.4. The highest BCUT2D eigenvalue weighted by atomic mass is 32.1. The van der Waals surface area contributed by atoms with Crippen LogP contribution in [0.5, 0.6) is 0 Å². The fourth-order valence-corrected chi connectivity index (χ4v) is 9.83. The average Bonchev–Trinajstić information content (AvgIpc) is 3.43. The van der Waals surface area contributed by atoms with Crippen LogP contribution in [0.4, 0.5) is 0 Å². The fraction of sp³-hybridized carbons (Fsp3) is 0.846. The van der Waals surface area contributed by atoms with E-state index in [0.717, 1.165) is 12.8 Å². The molecular weight excluding hydrogens is 610 g/mol. The Morgan fingerprint density at radius 3 is 1.91 bits per heavy atom. The van der Waals surface area contributed by atoms with Gasteiger partial charge in [0.05, 0.1) is 12.2 Å². The van der Waals surface area contributed by atoms with Crippen molar-refractivity contribution in [2.75, 3.05) is 13.2 Å². The zero-order valence-corrected chi connectivity index (χ0v) is 30.8. The molecule has 0 aromatic carbocycles. The molecule has 0 radical (unpaired) electrons. The molecule has 4 aliphatic carbocycles. The molecule has 7 nitrogen and oxygen atoms in total. The van der Waals surface area contributed by atoms with E-state index in [9.17, 15) is 25.2 Å². The molecule has 0 heterocycles. The molecule has 0 amide bonds. The van der Waals surface area contributed by atoms with Crippen molar-refractivity contribution < 1.29 is 30.0 Å². The number of hydrogen-bond donors (Lipinski definition) is 5. The van der Waals surface area contributed by atoms with Gasteiger partial charge in [0.15, 0.2) is 5.78 Å². The molecule has 0 bridgehead atoms. The van der Waals surface area contributed by atoms with Crippen molar-refractivity contribution in [3.63, 3.8) is 0 Å². The van der Waals surface area contributed by atoms with Gasteiger partial charge in [-0.1, -0.05) is 136 Å². The highest BCUT2D eigenvalue weighted by Crippen LogP contribution is 2.75. The summed E-state index contributed by atoms with van der Waals surface area (Å²) in [5.74, 6) is -2.99. The Morgan fingerprint density at radius 2 is 1.40 bits per heavy atom. The molecule has 0 aromatic rings. The Hall–Kier alpha value is -1.32. The summed E-state index contributed by atoms with van der Waals surface area (Å²) in [7, 11) is 0. The maximum atomic E-state index is 13.2. The maximum Gasteiger partial charge on any atom is 0.257 e. The van der Waals surface area contributed by atoms with Gasteiger partial charge in [0.25, 0.3) is 5.17 Å². The fourth-order valence-electron chi connectivity index (χ4n) is 9.63. The number of aliphatic hydroxyl groups excluding tert-OH is 1. The summed E-state index contributed by atoms with van der Waals surface area (Å²) in [6.45, 7) is 10.0. The molecule has 47 heavy (non-hydrogen) atoms. The van der Waals surface area contributed by atoms with Gasteiger partial charge in [-0.3, -0.25) is 4.79 Å². The van der Waals surface area contributed by atoms with Crippen LogP contribution in [0.25, 0.3) is 0 Å². The van der Waals surface area contributed by atoms with Crippen LogP contribution >= 0.6 is 12.2 Å². The second-order valence-electron chi connectivity index (χ2n) is 16.0. The van der Waals surface area contributed by atoms with Crippen LogP contribution in [0.2, 0.25) is 0 Å². The Labute approximate surface area is 290 Å². The number of unbranched alkanes of at least 4 members (excludes halogenated alkanes) is 15. The first-order valence-electron chi connectivity index (χ1n) is 19.0. The molecular formula is C39H65NO6S. The predicted molar refractivity (Wildman–Crippen MR) is 192 cm³/mol. The van der Waals surface area contributed by atoms with E-state index in [1.807, 2.05) is 20.8 Å². The predicted octanol–water partition coefficient (Wildman–Crippen LogP) is 7.09. The van der Waals surface area contributed by atoms with Gasteiger partial charge in [0.1, 0.15) is 17.3 Å². The number of carbonyl (C=O) groups is 1. The zero-order chi connectivity index (χ0) is 34.5. The first-order chi connectivity index (χ1) is 22.3. The van der Waals surface area contributed by atoms with E-state index in [-0.39, 0.29) is 18.2 Å². The monoisotopic (exact) mass is 675 g/mol. The van der Waals surface area contributed by atoms with Crippen molar-refractivity contribution in [2.24, 2.45) is 29.1 Å². The van der Waals surface area contributed by atoms with Gasteiger partial charge in [0.2, 0.25) is 0 Å². The van der Waals surface area contributed by atoms with Gasteiger partial charge < -0.3 is 30.5 Å². The van der Waals surface area contributed by atoms with E-state index in [1.165, 1.54) is 89.9 Å². The molecule has 0 aromatic heterocycles. The van der Waals surface area contributed by atoms with Crippen LogP contribution in [0.1, 0.15) is 144 Å². The summed E-state index contributed by atoms with van der Waals surface area (Å²) in [6, 6.07) is 0. The standard InChI is InChI=1S/C39H65NO6S/c1-6-7-8-9-10-11-12-13-14-15-16-17-18-19-20-21-22-40-35(47)46-34-28(3)38(44)30(32-36(4,5)39(32,34)45)24-29(26-41)25-37(43)31(38)23-27(2)33(37)42/h23-24,28,30-32,34,41,43-45H,6-22,25-26H2,1-5H3,(H,40,47)/t28-,30+,31-,32+,34-,37-,38-,39-/m1/s1. The van der Waals surface area contributed by atoms with Gasteiger partial charge >= 0.3 is 0 Å². The van der Waals surface area contributed by atoms with Crippen LogP contribution in [-0.2, 0) is 9.53 Å². The van der Waals surface area contributed by atoms with Gasteiger partial charge in [-0.15, -0.1) is 0 Å². The molecule has 2 fully saturated rings. The van der Waals surface area contributed by atoms with Gasteiger partial charge in [0, 0.05) is 42.1 Å². The van der Waals surface area contributed by atoms with Crippen molar-refractivity contribution in [1.29, 1.82) is 0 Å². The SMILES string of the molecule is CCCCCCCCCCCCCCCCCCNC(=S)O[C@@H]1[C@@H](C)[C@@]2(O)[C@@H](C=C(CO)C[C@]3(O)C(=O)C(C)=C[C@@H]23)[C@H]2C(C)(C)[C@]12O. The average molecular weight is 676 g/mol. The number of rotatable bonds is 19. The van der Waals surface area contributed by atoms with Crippen LogP contribution < -0.4 is 5.32 Å². The number of hydrogen-bond acceptors (Lipinski definition) is 7. The van der Waals surface area contributed by atoms with Gasteiger partial charge in [-0.05, 0) is 36.7 Å². The Balaban J connectivity index is 1.22.